The molecule has 0 aromatic heterocycles. The third-order valence-electron chi connectivity index (χ3n) is 5.53. The van der Waals surface area contributed by atoms with E-state index >= 15 is 0 Å². The fourth-order valence-corrected chi connectivity index (χ4v) is 5.53. The Labute approximate surface area is 150 Å². The number of β-lactam (4-membered cyclic amide) rings is 1. The van der Waals surface area contributed by atoms with Gasteiger partial charge < -0.3 is 4.90 Å². The molecular weight excluding hydrogens is 336 g/mol. The fraction of sp³-hybridized carbons (Fsp3) is 0.632. The molecular formula is C19H28N2O3S. The second kappa shape index (κ2) is 7.46. The molecule has 1 atom stereocenters. The van der Waals surface area contributed by atoms with Crippen LogP contribution < -0.4 is 4.72 Å². The van der Waals surface area contributed by atoms with Gasteiger partial charge in [-0.25, -0.2) is 13.1 Å². The third-order valence-corrected chi connectivity index (χ3v) is 7.12. The van der Waals surface area contributed by atoms with E-state index in [2.05, 4.69) is 16.9 Å². The lowest BCUT2D eigenvalue weighted by Gasteiger charge is -2.58. The van der Waals surface area contributed by atoms with Gasteiger partial charge in [-0.1, -0.05) is 56.5 Å². The van der Waals surface area contributed by atoms with Crippen molar-refractivity contribution in [3.63, 3.8) is 0 Å². The van der Waals surface area contributed by atoms with Gasteiger partial charge in [0.1, 0.15) is 0 Å². The third kappa shape index (κ3) is 3.60. The molecule has 1 heterocycles. The highest BCUT2D eigenvalue weighted by Crippen LogP contribution is 2.57. The lowest BCUT2D eigenvalue weighted by Crippen LogP contribution is -2.64. The number of sulfonamides is 1. The van der Waals surface area contributed by atoms with Crippen molar-refractivity contribution in [3.8, 4) is 0 Å². The van der Waals surface area contributed by atoms with E-state index < -0.39 is 10.0 Å². The molecule has 138 valence electrons. The molecule has 1 aromatic carbocycles. The molecule has 5 nitrogen and oxygen atoms in total. The molecule has 1 saturated heterocycles. The van der Waals surface area contributed by atoms with Gasteiger partial charge in [-0.05, 0) is 24.8 Å². The summed E-state index contributed by atoms with van der Waals surface area (Å²) in [5, 5.41) is 0. The molecule has 1 aliphatic carbocycles. The summed E-state index contributed by atoms with van der Waals surface area (Å²) in [7, 11) is -3.23. The molecule has 1 N–H and O–H groups in total. The molecule has 6 heteroatoms. The van der Waals surface area contributed by atoms with Crippen LogP contribution in [0, 0.1) is 5.41 Å². The van der Waals surface area contributed by atoms with Gasteiger partial charge in [0, 0.05) is 13.1 Å². The quantitative estimate of drug-likeness (QED) is 0.757. The topological polar surface area (TPSA) is 66.5 Å². The molecule has 1 saturated carbocycles. The average molecular weight is 365 g/mol. The second-order valence-electron chi connectivity index (χ2n) is 7.24. The largest absolute Gasteiger partial charge is 0.333 e. The van der Waals surface area contributed by atoms with Crippen molar-refractivity contribution in [3.05, 3.63) is 35.9 Å². The summed E-state index contributed by atoms with van der Waals surface area (Å²) in [6.45, 7) is 2.56. The van der Waals surface area contributed by atoms with Crippen LogP contribution in [0.5, 0.6) is 0 Å². The summed E-state index contributed by atoms with van der Waals surface area (Å²) in [6.07, 6.45) is 5.89. The Bertz CT molecular complexity index is 697. The SMILES string of the molecule is CCCS(=O)(=O)NCCN1C(=O)C2(CCCCC2)C1c1ccccc1. The average Bonchev–Trinajstić information content (AvgIpc) is 2.62. The van der Waals surface area contributed by atoms with Gasteiger partial charge in [-0.3, -0.25) is 4.79 Å². The highest BCUT2D eigenvalue weighted by Gasteiger charge is 2.60. The number of amides is 1. The Morgan fingerprint density at radius 3 is 2.48 bits per heavy atom. The molecule has 0 bridgehead atoms. The number of likely N-dealkylation sites (tertiary alicyclic amines) is 1. The molecule has 2 aliphatic rings. The Hall–Kier alpha value is -1.40. The molecule has 25 heavy (non-hydrogen) atoms. The fourth-order valence-electron chi connectivity index (χ4n) is 4.45. The minimum Gasteiger partial charge on any atom is -0.333 e. The maximum absolute atomic E-state index is 13.0. The minimum absolute atomic E-state index is 0.0807. The van der Waals surface area contributed by atoms with Crippen molar-refractivity contribution >= 4 is 15.9 Å². The van der Waals surface area contributed by atoms with Crippen LogP contribution in [0.2, 0.25) is 0 Å². The second-order valence-corrected chi connectivity index (χ2v) is 9.17. The maximum atomic E-state index is 13.0. The first-order chi connectivity index (χ1) is 12.0. The summed E-state index contributed by atoms with van der Waals surface area (Å²) in [4.78, 5) is 14.8. The van der Waals surface area contributed by atoms with Crippen molar-refractivity contribution < 1.29 is 13.2 Å². The summed E-state index contributed by atoms with van der Waals surface area (Å²) in [5.41, 5.74) is 0.905. The summed E-state index contributed by atoms with van der Waals surface area (Å²) >= 11 is 0. The van der Waals surface area contributed by atoms with Crippen molar-refractivity contribution in [1.29, 1.82) is 0 Å². The molecule has 3 rings (SSSR count). The van der Waals surface area contributed by atoms with Gasteiger partial charge in [0.25, 0.3) is 0 Å². The normalized spacial score (nSPS) is 22.8. The number of nitrogens with zero attached hydrogens (tertiary/aromatic N) is 1. The molecule has 2 fully saturated rings. The van der Waals surface area contributed by atoms with Gasteiger partial charge in [0.2, 0.25) is 15.9 Å². The highest BCUT2D eigenvalue weighted by atomic mass is 32.2. The van der Waals surface area contributed by atoms with Crippen LogP contribution in [0.4, 0.5) is 0 Å². The predicted octanol–water partition coefficient (Wildman–Crippen LogP) is 2.85. The number of benzene rings is 1. The van der Waals surface area contributed by atoms with Crippen molar-refractivity contribution in [2.24, 2.45) is 5.41 Å². The summed E-state index contributed by atoms with van der Waals surface area (Å²) < 4.78 is 26.3. The summed E-state index contributed by atoms with van der Waals surface area (Å²) in [6, 6.07) is 10.3. The Kier molecular flexibility index (Phi) is 5.49. The molecule has 1 unspecified atom stereocenters. The molecule has 1 aliphatic heterocycles. The number of nitrogens with one attached hydrogen (secondary N) is 1. The first kappa shape index (κ1) is 18.4. The number of carbonyl (C=O) groups excluding carboxylic acids is 1. The van der Waals surface area contributed by atoms with Gasteiger partial charge in [-0.2, -0.15) is 0 Å². The zero-order valence-corrected chi connectivity index (χ0v) is 15.7. The van der Waals surface area contributed by atoms with Crippen LogP contribution in [0.15, 0.2) is 30.3 Å². The van der Waals surface area contributed by atoms with E-state index in [1.165, 1.54) is 12.0 Å². The van der Waals surface area contributed by atoms with Gasteiger partial charge in [-0.15, -0.1) is 0 Å². The monoisotopic (exact) mass is 364 g/mol. The smallest absolute Gasteiger partial charge is 0.231 e. The number of carbonyl (C=O) groups is 1. The van der Waals surface area contributed by atoms with Crippen molar-refractivity contribution in [2.45, 2.75) is 51.5 Å². The lowest BCUT2D eigenvalue weighted by molar-refractivity contribution is -0.178. The van der Waals surface area contributed by atoms with Crippen LogP contribution in [0.1, 0.15) is 57.1 Å². The number of hydrogen-bond acceptors (Lipinski definition) is 3. The van der Waals surface area contributed by atoms with Gasteiger partial charge >= 0.3 is 0 Å². The van der Waals surface area contributed by atoms with Crippen LogP contribution in [-0.4, -0.2) is 38.1 Å². The van der Waals surface area contributed by atoms with Crippen molar-refractivity contribution in [2.75, 3.05) is 18.8 Å². The van der Waals surface area contributed by atoms with Gasteiger partial charge in [0.15, 0.2) is 0 Å². The Balaban J connectivity index is 1.73. The van der Waals surface area contributed by atoms with Crippen LogP contribution in [0.3, 0.4) is 0 Å². The first-order valence-corrected chi connectivity index (χ1v) is 11.0. The minimum atomic E-state index is -3.23. The van der Waals surface area contributed by atoms with E-state index in [1.54, 1.807) is 0 Å². The van der Waals surface area contributed by atoms with E-state index in [9.17, 15) is 13.2 Å². The standard InChI is InChI=1S/C19H28N2O3S/c1-2-15-25(23,24)20-13-14-21-17(16-9-5-3-6-10-16)19(18(21)22)11-7-4-8-12-19/h3,5-6,9-10,17,20H,2,4,7-8,11-15H2,1H3. The maximum Gasteiger partial charge on any atom is 0.231 e. The zero-order chi connectivity index (χ0) is 17.9. The number of hydrogen-bond donors (Lipinski definition) is 1. The van der Waals surface area contributed by atoms with E-state index in [-0.39, 0.29) is 29.7 Å². The van der Waals surface area contributed by atoms with E-state index in [1.807, 2.05) is 30.0 Å². The van der Waals surface area contributed by atoms with Crippen molar-refractivity contribution in [1.82, 2.24) is 9.62 Å². The van der Waals surface area contributed by atoms with Crippen LogP contribution in [-0.2, 0) is 14.8 Å². The molecule has 0 radical (unpaired) electrons. The Morgan fingerprint density at radius 1 is 1.16 bits per heavy atom. The highest BCUT2D eigenvalue weighted by molar-refractivity contribution is 7.89. The Morgan fingerprint density at radius 2 is 1.84 bits per heavy atom. The van der Waals surface area contributed by atoms with Gasteiger partial charge in [0.05, 0.1) is 17.2 Å². The summed E-state index contributed by atoms with van der Waals surface area (Å²) in [5.74, 6) is 0.336. The molecule has 1 amide bonds. The lowest BCUT2D eigenvalue weighted by atomic mass is 9.60. The molecule has 1 spiro atoms. The van der Waals surface area contributed by atoms with E-state index in [0.717, 1.165) is 25.7 Å². The molecule has 1 aromatic rings. The first-order valence-electron chi connectivity index (χ1n) is 9.33. The predicted molar refractivity (Wildman–Crippen MR) is 98.5 cm³/mol. The van der Waals surface area contributed by atoms with Crippen LogP contribution >= 0.6 is 0 Å². The van der Waals surface area contributed by atoms with E-state index in [0.29, 0.717) is 13.0 Å². The number of rotatable bonds is 7. The van der Waals surface area contributed by atoms with Crippen LogP contribution in [0.25, 0.3) is 0 Å². The zero-order valence-electron chi connectivity index (χ0n) is 14.9. The van der Waals surface area contributed by atoms with E-state index in [4.69, 9.17) is 0 Å².